The van der Waals surface area contributed by atoms with E-state index >= 15 is 0 Å². The first-order valence-electron chi connectivity index (χ1n) is 4.56. The number of aliphatic hydroxyl groups is 1. The molecule has 0 aliphatic carbocycles. The molecule has 0 bridgehead atoms. The highest BCUT2D eigenvalue weighted by molar-refractivity contribution is 7.10. The van der Waals surface area contributed by atoms with Crippen LogP contribution in [0, 0.1) is 0 Å². The van der Waals surface area contributed by atoms with E-state index in [-0.39, 0.29) is 6.61 Å². The highest BCUT2D eigenvalue weighted by Crippen LogP contribution is 2.18. The van der Waals surface area contributed by atoms with E-state index in [1.807, 2.05) is 4.90 Å². The summed E-state index contributed by atoms with van der Waals surface area (Å²) < 4.78 is 9.34. The minimum absolute atomic E-state index is 0.110. The average Bonchev–Trinajstić information content (AvgIpc) is 2.61. The van der Waals surface area contributed by atoms with Crippen LogP contribution in [0.2, 0.25) is 4.34 Å². The second-order valence-electron chi connectivity index (χ2n) is 2.99. The molecule has 0 spiro atoms. The Hall–Kier alpha value is -0.270. The third kappa shape index (κ3) is 4.40. The Bertz CT molecular complexity index is 285. The third-order valence-corrected chi connectivity index (χ3v) is 2.90. The molecule has 0 fully saturated rings. The number of hydrogen-bond donors (Lipinski definition) is 1. The van der Waals surface area contributed by atoms with Gasteiger partial charge in [-0.1, -0.05) is 16.1 Å². The average molecular weight is 252 g/mol. The van der Waals surface area contributed by atoms with Crippen molar-refractivity contribution in [3.63, 3.8) is 0 Å². The Morgan fingerprint density at radius 3 is 2.87 bits per heavy atom. The first-order chi connectivity index (χ1) is 7.27. The van der Waals surface area contributed by atoms with Crippen molar-refractivity contribution in [1.29, 1.82) is 0 Å². The SMILES string of the molecule is COCCN(CCO)Cc1nnsc1Cl. The number of aromatic nitrogens is 2. The predicted octanol–water partition coefficient (Wildman–Crippen LogP) is 0.632. The summed E-state index contributed by atoms with van der Waals surface area (Å²) >= 11 is 7.06. The van der Waals surface area contributed by atoms with Gasteiger partial charge in [-0.3, -0.25) is 4.90 Å². The predicted molar refractivity (Wildman–Crippen MR) is 59.2 cm³/mol. The van der Waals surface area contributed by atoms with Crippen molar-refractivity contribution >= 4 is 23.1 Å². The summed E-state index contributed by atoms with van der Waals surface area (Å²) in [4.78, 5) is 2.02. The van der Waals surface area contributed by atoms with Crippen molar-refractivity contribution in [2.24, 2.45) is 0 Å². The normalized spacial score (nSPS) is 11.2. The molecule has 7 heteroatoms. The molecule has 15 heavy (non-hydrogen) atoms. The summed E-state index contributed by atoms with van der Waals surface area (Å²) in [6.07, 6.45) is 0. The fraction of sp³-hybridized carbons (Fsp3) is 0.750. The largest absolute Gasteiger partial charge is 0.395 e. The summed E-state index contributed by atoms with van der Waals surface area (Å²) in [7, 11) is 1.65. The Balaban J connectivity index is 2.46. The van der Waals surface area contributed by atoms with Crippen LogP contribution in [0.15, 0.2) is 0 Å². The lowest BCUT2D eigenvalue weighted by Gasteiger charge is -2.19. The van der Waals surface area contributed by atoms with Gasteiger partial charge in [-0.05, 0) is 0 Å². The molecule has 0 saturated carbocycles. The van der Waals surface area contributed by atoms with Crippen molar-refractivity contribution in [1.82, 2.24) is 14.5 Å². The van der Waals surface area contributed by atoms with Crippen LogP contribution in [-0.2, 0) is 11.3 Å². The number of aliphatic hydroxyl groups excluding tert-OH is 1. The van der Waals surface area contributed by atoms with E-state index in [1.165, 1.54) is 11.5 Å². The van der Waals surface area contributed by atoms with Crippen LogP contribution >= 0.6 is 23.1 Å². The van der Waals surface area contributed by atoms with Gasteiger partial charge in [0.25, 0.3) is 0 Å². The monoisotopic (exact) mass is 251 g/mol. The fourth-order valence-corrected chi connectivity index (χ4v) is 1.75. The highest BCUT2D eigenvalue weighted by Gasteiger charge is 2.11. The molecule has 86 valence electrons. The van der Waals surface area contributed by atoms with Crippen LogP contribution in [0.3, 0.4) is 0 Å². The minimum atomic E-state index is 0.110. The summed E-state index contributed by atoms with van der Waals surface area (Å²) in [6.45, 7) is 2.65. The molecule has 1 rings (SSSR count). The summed E-state index contributed by atoms with van der Waals surface area (Å²) in [5.41, 5.74) is 0.756. The third-order valence-electron chi connectivity index (χ3n) is 1.91. The Morgan fingerprint density at radius 2 is 2.33 bits per heavy atom. The summed E-state index contributed by atoms with van der Waals surface area (Å²) in [5, 5.41) is 12.8. The lowest BCUT2D eigenvalue weighted by atomic mass is 10.4. The molecule has 0 aromatic carbocycles. The molecule has 5 nitrogen and oxygen atoms in total. The van der Waals surface area contributed by atoms with Gasteiger partial charge >= 0.3 is 0 Å². The van der Waals surface area contributed by atoms with Crippen molar-refractivity contribution < 1.29 is 9.84 Å². The number of halogens is 1. The van der Waals surface area contributed by atoms with Gasteiger partial charge < -0.3 is 9.84 Å². The molecule has 1 heterocycles. The van der Waals surface area contributed by atoms with E-state index in [2.05, 4.69) is 9.59 Å². The molecule has 0 saturated heterocycles. The number of hydrogen-bond acceptors (Lipinski definition) is 6. The summed E-state index contributed by atoms with van der Waals surface area (Å²) in [6, 6.07) is 0. The molecule has 0 radical (unpaired) electrons. The molecular weight excluding hydrogens is 238 g/mol. The second kappa shape index (κ2) is 7.08. The minimum Gasteiger partial charge on any atom is -0.395 e. The number of ether oxygens (including phenoxy) is 1. The fourth-order valence-electron chi connectivity index (χ4n) is 1.13. The smallest absolute Gasteiger partial charge is 0.138 e. The molecule has 1 N–H and O–H groups in total. The number of nitrogens with zero attached hydrogens (tertiary/aromatic N) is 3. The zero-order valence-corrected chi connectivity index (χ0v) is 10.1. The summed E-state index contributed by atoms with van der Waals surface area (Å²) in [5.74, 6) is 0. The maximum atomic E-state index is 8.89. The van der Waals surface area contributed by atoms with Crippen LogP contribution in [0.1, 0.15) is 5.69 Å². The lowest BCUT2D eigenvalue weighted by Crippen LogP contribution is -2.30. The Morgan fingerprint density at radius 1 is 1.53 bits per heavy atom. The number of rotatable bonds is 7. The lowest BCUT2D eigenvalue weighted by molar-refractivity contribution is 0.126. The van der Waals surface area contributed by atoms with Gasteiger partial charge in [0.05, 0.1) is 13.2 Å². The van der Waals surface area contributed by atoms with E-state index in [4.69, 9.17) is 21.4 Å². The van der Waals surface area contributed by atoms with Crippen molar-refractivity contribution in [2.45, 2.75) is 6.54 Å². The van der Waals surface area contributed by atoms with Crippen LogP contribution in [0.25, 0.3) is 0 Å². The van der Waals surface area contributed by atoms with Crippen molar-refractivity contribution in [2.75, 3.05) is 33.4 Å². The van der Waals surface area contributed by atoms with Crippen molar-refractivity contribution in [3.05, 3.63) is 10.0 Å². The molecule has 0 aliphatic rings. The van der Waals surface area contributed by atoms with E-state index in [0.717, 1.165) is 12.2 Å². The van der Waals surface area contributed by atoms with Gasteiger partial charge in [-0.2, -0.15) is 0 Å². The van der Waals surface area contributed by atoms with Gasteiger partial charge in [0, 0.05) is 38.3 Å². The zero-order valence-electron chi connectivity index (χ0n) is 8.52. The zero-order chi connectivity index (χ0) is 11.1. The van der Waals surface area contributed by atoms with Crippen molar-refractivity contribution in [3.8, 4) is 0 Å². The van der Waals surface area contributed by atoms with Gasteiger partial charge in [0.2, 0.25) is 0 Å². The standard InChI is InChI=1S/C8H14ClN3O2S/c1-14-5-3-12(2-4-13)6-7-8(9)15-11-10-7/h13H,2-6H2,1H3. The van der Waals surface area contributed by atoms with E-state index < -0.39 is 0 Å². The molecule has 0 unspecified atom stereocenters. The number of methoxy groups -OCH3 is 1. The highest BCUT2D eigenvalue weighted by atomic mass is 35.5. The van der Waals surface area contributed by atoms with Gasteiger partial charge in [0.15, 0.2) is 0 Å². The molecule has 0 aliphatic heterocycles. The maximum Gasteiger partial charge on any atom is 0.138 e. The molecule has 0 amide bonds. The molecule has 0 atom stereocenters. The van der Waals surface area contributed by atoms with E-state index in [1.54, 1.807) is 7.11 Å². The van der Waals surface area contributed by atoms with Crippen LogP contribution < -0.4 is 0 Å². The van der Waals surface area contributed by atoms with Gasteiger partial charge in [-0.15, -0.1) is 5.10 Å². The molecule has 1 aromatic heterocycles. The first-order valence-corrected chi connectivity index (χ1v) is 5.72. The Kier molecular flexibility index (Phi) is 6.04. The van der Waals surface area contributed by atoms with Crippen LogP contribution in [0.5, 0.6) is 0 Å². The second-order valence-corrected chi connectivity index (χ2v) is 4.34. The molecular formula is C8H14ClN3O2S. The maximum absolute atomic E-state index is 8.89. The first kappa shape index (κ1) is 12.8. The van der Waals surface area contributed by atoms with Crippen LogP contribution in [-0.4, -0.2) is 53.0 Å². The van der Waals surface area contributed by atoms with E-state index in [9.17, 15) is 0 Å². The van der Waals surface area contributed by atoms with E-state index in [0.29, 0.717) is 24.0 Å². The Labute approximate surface area is 97.8 Å². The van der Waals surface area contributed by atoms with Gasteiger partial charge in [-0.25, -0.2) is 0 Å². The molecule has 1 aromatic rings. The van der Waals surface area contributed by atoms with Crippen LogP contribution in [0.4, 0.5) is 0 Å². The topological polar surface area (TPSA) is 58.5 Å². The quantitative estimate of drug-likeness (QED) is 0.771. The van der Waals surface area contributed by atoms with Gasteiger partial charge in [0.1, 0.15) is 10.0 Å².